The summed E-state index contributed by atoms with van der Waals surface area (Å²) in [6.45, 7) is 6.54. The largest absolute Gasteiger partial charge is 0.495 e. The van der Waals surface area contributed by atoms with Gasteiger partial charge in [-0.05, 0) is 42.9 Å². The van der Waals surface area contributed by atoms with Crippen LogP contribution < -0.4 is 14.4 Å². The van der Waals surface area contributed by atoms with Gasteiger partial charge in [-0.1, -0.05) is 56.3 Å². The number of nitrogens with one attached hydrogen (secondary N) is 1. The van der Waals surface area contributed by atoms with Crippen LogP contribution in [0.2, 0.25) is 0 Å². The number of hydrogen-bond donors (Lipinski definition) is 1. The van der Waals surface area contributed by atoms with E-state index in [0.29, 0.717) is 17.9 Å². The summed E-state index contributed by atoms with van der Waals surface area (Å²) in [7, 11) is -2.00. The minimum absolute atomic E-state index is 0.00272. The van der Waals surface area contributed by atoms with Gasteiger partial charge in [0.25, 0.3) is 0 Å². The third-order valence-electron chi connectivity index (χ3n) is 5.30. The van der Waals surface area contributed by atoms with Crippen molar-refractivity contribution in [2.75, 3.05) is 24.2 Å². The molecule has 0 saturated heterocycles. The molecule has 6 nitrogen and oxygen atoms in total. The van der Waals surface area contributed by atoms with Gasteiger partial charge in [-0.3, -0.25) is 9.10 Å². The van der Waals surface area contributed by atoms with Gasteiger partial charge in [0.2, 0.25) is 15.9 Å². The van der Waals surface area contributed by atoms with Crippen molar-refractivity contribution in [3.63, 3.8) is 0 Å². The summed E-state index contributed by atoms with van der Waals surface area (Å²) in [6.07, 6.45) is 2.62. The number of amides is 1. The van der Waals surface area contributed by atoms with Crippen LogP contribution in [0, 0.1) is 0 Å². The third kappa shape index (κ3) is 7.28. The molecule has 7 heteroatoms. The summed E-state index contributed by atoms with van der Waals surface area (Å²) in [4.78, 5) is 12.5. The van der Waals surface area contributed by atoms with Crippen LogP contribution in [-0.2, 0) is 20.2 Å². The second kappa shape index (κ2) is 10.7. The zero-order valence-corrected chi connectivity index (χ0v) is 19.9. The van der Waals surface area contributed by atoms with Gasteiger partial charge in [0, 0.05) is 19.0 Å². The van der Waals surface area contributed by atoms with Crippen molar-refractivity contribution in [2.24, 2.45) is 0 Å². The molecule has 1 unspecified atom stereocenters. The zero-order chi connectivity index (χ0) is 23.1. The maximum Gasteiger partial charge on any atom is 0.232 e. The topological polar surface area (TPSA) is 75.7 Å². The number of hydrogen-bond acceptors (Lipinski definition) is 4. The van der Waals surface area contributed by atoms with E-state index in [1.165, 1.54) is 17.0 Å². The number of rotatable bonds is 11. The van der Waals surface area contributed by atoms with Gasteiger partial charge in [-0.2, -0.15) is 0 Å². The first kappa shape index (κ1) is 24.7. The van der Waals surface area contributed by atoms with Gasteiger partial charge in [0.15, 0.2) is 0 Å². The summed E-state index contributed by atoms with van der Waals surface area (Å²) in [5, 5.41) is 3.05. The van der Waals surface area contributed by atoms with E-state index in [9.17, 15) is 13.2 Å². The Morgan fingerprint density at radius 2 is 1.71 bits per heavy atom. The molecule has 2 aromatic carbocycles. The fraction of sp³-hybridized carbons (Fsp3) is 0.458. The van der Waals surface area contributed by atoms with Gasteiger partial charge in [-0.15, -0.1) is 0 Å². The molecule has 0 aliphatic carbocycles. The quantitative estimate of drug-likeness (QED) is 0.564. The van der Waals surface area contributed by atoms with E-state index in [1.54, 1.807) is 24.3 Å². The Morgan fingerprint density at radius 3 is 2.32 bits per heavy atom. The average molecular weight is 447 g/mol. The monoisotopic (exact) mass is 446 g/mol. The van der Waals surface area contributed by atoms with E-state index in [-0.39, 0.29) is 30.3 Å². The Labute approximate surface area is 186 Å². The SMILES string of the molecule is COc1ccccc1N(CCCC(=O)NC(C)CC(C)(C)c1ccccc1)S(C)(=O)=O. The maximum absolute atomic E-state index is 12.5. The average Bonchev–Trinajstić information content (AvgIpc) is 2.70. The van der Waals surface area contributed by atoms with E-state index in [2.05, 4.69) is 31.3 Å². The summed E-state index contributed by atoms with van der Waals surface area (Å²) in [5.41, 5.74) is 1.65. The lowest BCUT2D eigenvalue weighted by Crippen LogP contribution is -2.38. The molecule has 0 bridgehead atoms. The first-order valence-electron chi connectivity index (χ1n) is 10.5. The number of ether oxygens (including phenoxy) is 1. The number of anilines is 1. The molecule has 2 aromatic rings. The Hall–Kier alpha value is -2.54. The smallest absolute Gasteiger partial charge is 0.232 e. The Balaban J connectivity index is 1.92. The van der Waals surface area contributed by atoms with E-state index in [0.717, 1.165) is 12.7 Å². The van der Waals surface area contributed by atoms with Crippen molar-refractivity contribution in [1.82, 2.24) is 5.32 Å². The highest BCUT2D eigenvalue weighted by Gasteiger charge is 2.24. The number of methoxy groups -OCH3 is 1. The lowest BCUT2D eigenvalue weighted by atomic mass is 9.79. The molecule has 0 fully saturated rings. The Kier molecular flexibility index (Phi) is 8.51. The molecule has 0 aromatic heterocycles. The molecule has 2 rings (SSSR count). The highest BCUT2D eigenvalue weighted by Crippen LogP contribution is 2.30. The predicted molar refractivity (Wildman–Crippen MR) is 126 cm³/mol. The Bertz CT molecular complexity index is 959. The second-order valence-electron chi connectivity index (χ2n) is 8.53. The van der Waals surface area contributed by atoms with Crippen molar-refractivity contribution < 1.29 is 17.9 Å². The normalized spacial score (nSPS) is 12.8. The predicted octanol–water partition coefficient (Wildman–Crippen LogP) is 4.11. The molecular formula is C24H34N2O4S. The number of carbonyl (C=O) groups excluding carboxylic acids is 1. The third-order valence-corrected chi connectivity index (χ3v) is 6.48. The molecule has 1 amide bonds. The van der Waals surface area contributed by atoms with Crippen LogP contribution in [0.4, 0.5) is 5.69 Å². The fourth-order valence-corrected chi connectivity index (χ4v) is 4.82. The highest BCUT2D eigenvalue weighted by molar-refractivity contribution is 7.92. The van der Waals surface area contributed by atoms with Gasteiger partial charge < -0.3 is 10.1 Å². The van der Waals surface area contributed by atoms with Crippen LogP contribution in [0.25, 0.3) is 0 Å². The van der Waals surface area contributed by atoms with E-state index in [1.807, 2.05) is 25.1 Å². The van der Waals surface area contributed by atoms with Crippen LogP contribution >= 0.6 is 0 Å². The standard InChI is InChI=1S/C24H34N2O4S/c1-19(18-24(2,3)20-12-7-6-8-13-20)25-23(27)16-11-17-26(31(5,28)29)21-14-9-10-15-22(21)30-4/h6-10,12-15,19H,11,16-18H2,1-5H3,(H,25,27). The molecule has 1 N–H and O–H groups in total. The second-order valence-corrected chi connectivity index (χ2v) is 10.4. The van der Waals surface area contributed by atoms with Crippen LogP contribution in [0.3, 0.4) is 0 Å². The van der Waals surface area contributed by atoms with Gasteiger partial charge >= 0.3 is 0 Å². The summed E-state index contributed by atoms with van der Waals surface area (Å²) >= 11 is 0. The molecule has 170 valence electrons. The summed E-state index contributed by atoms with van der Waals surface area (Å²) < 4.78 is 31.2. The number of sulfonamides is 1. The maximum atomic E-state index is 12.5. The van der Waals surface area contributed by atoms with E-state index < -0.39 is 10.0 Å². The number of nitrogens with zero attached hydrogens (tertiary/aromatic N) is 1. The van der Waals surface area contributed by atoms with Crippen LogP contribution in [-0.4, -0.2) is 40.3 Å². The molecule has 0 saturated carbocycles. The summed E-state index contributed by atoms with van der Waals surface area (Å²) in [5.74, 6) is 0.402. The van der Waals surface area contributed by atoms with Crippen molar-refractivity contribution >= 4 is 21.6 Å². The molecule has 0 radical (unpaired) electrons. The zero-order valence-electron chi connectivity index (χ0n) is 19.1. The molecule has 1 atom stereocenters. The van der Waals surface area contributed by atoms with Gasteiger partial charge in [0.05, 0.1) is 19.1 Å². The minimum Gasteiger partial charge on any atom is -0.495 e. The number of para-hydroxylation sites is 2. The van der Waals surface area contributed by atoms with Crippen molar-refractivity contribution in [3.05, 3.63) is 60.2 Å². The number of carbonyl (C=O) groups is 1. The fourth-order valence-electron chi connectivity index (χ4n) is 3.85. The van der Waals surface area contributed by atoms with Crippen molar-refractivity contribution in [3.8, 4) is 5.75 Å². The summed E-state index contributed by atoms with van der Waals surface area (Å²) in [6, 6.07) is 17.2. The van der Waals surface area contributed by atoms with Crippen LogP contribution in [0.5, 0.6) is 5.75 Å². The molecule has 0 heterocycles. The van der Waals surface area contributed by atoms with Crippen molar-refractivity contribution in [2.45, 2.75) is 51.5 Å². The highest BCUT2D eigenvalue weighted by atomic mass is 32.2. The number of benzene rings is 2. The Morgan fingerprint density at radius 1 is 1.10 bits per heavy atom. The van der Waals surface area contributed by atoms with E-state index >= 15 is 0 Å². The minimum atomic E-state index is -3.50. The first-order chi connectivity index (χ1) is 14.5. The van der Waals surface area contributed by atoms with E-state index in [4.69, 9.17) is 4.74 Å². The molecule has 0 aliphatic rings. The molecule has 0 aliphatic heterocycles. The lowest BCUT2D eigenvalue weighted by molar-refractivity contribution is -0.121. The first-order valence-corrected chi connectivity index (χ1v) is 12.3. The molecule has 0 spiro atoms. The lowest BCUT2D eigenvalue weighted by Gasteiger charge is -2.29. The van der Waals surface area contributed by atoms with Crippen molar-refractivity contribution in [1.29, 1.82) is 0 Å². The van der Waals surface area contributed by atoms with Gasteiger partial charge in [0.1, 0.15) is 5.75 Å². The van der Waals surface area contributed by atoms with Crippen LogP contribution in [0.15, 0.2) is 54.6 Å². The van der Waals surface area contributed by atoms with Crippen LogP contribution in [0.1, 0.15) is 45.6 Å². The molecular weight excluding hydrogens is 412 g/mol. The van der Waals surface area contributed by atoms with Gasteiger partial charge in [-0.25, -0.2) is 8.42 Å². The molecule has 31 heavy (non-hydrogen) atoms.